The molecule has 1 aliphatic heterocycles. The molecule has 1 fully saturated rings. The van der Waals surface area contributed by atoms with Gasteiger partial charge in [-0.1, -0.05) is 17.2 Å². The van der Waals surface area contributed by atoms with Crippen LogP contribution in [0.5, 0.6) is 0 Å². The van der Waals surface area contributed by atoms with Crippen LogP contribution < -0.4 is 5.73 Å². The number of hydrogen-bond acceptors (Lipinski definition) is 2. The van der Waals surface area contributed by atoms with Crippen molar-refractivity contribution in [2.45, 2.75) is 32.7 Å². The maximum Gasteiger partial charge on any atom is 0.253 e. The van der Waals surface area contributed by atoms with Crippen LogP contribution in [0.3, 0.4) is 0 Å². The largest absolute Gasteiger partial charge is 0.337 e. The van der Waals surface area contributed by atoms with Crippen molar-refractivity contribution in [1.82, 2.24) is 4.90 Å². The predicted octanol–water partition coefficient (Wildman–Crippen LogP) is 1.87. The summed E-state index contributed by atoms with van der Waals surface area (Å²) in [4.78, 5) is 14.2. The molecule has 1 amide bonds. The van der Waals surface area contributed by atoms with E-state index in [0.29, 0.717) is 6.54 Å². The zero-order valence-corrected chi connectivity index (χ0v) is 10.6. The fraction of sp³-hybridized carbons (Fsp3) is 0.500. The van der Waals surface area contributed by atoms with Crippen LogP contribution in [-0.2, 0) is 0 Å². The van der Waals surface area contributed by atoms with Gasteiger partial charge in [-0.15, -0.1) is 0 Å². The molecule has 92 valence electrons. The third-order valence-electron chi connectivity index (χ3n) is 3.21. The lowest BCUT2D eigenvalue weighted by atomic mass is 10.0. The molecule has 0 bridgehead atoms. The number of hydrogen-bond donors (Lipinski definition) is 1. The van der Waals surface area contributed by atoms with Gasteiger partial charge in [-0.3, -0.25) is 4.79 Å². The summed E-state index contributed by atoms with van der Waals surface area (Å²) in [6.07, 6.45) is 2.04. The Morgan fingerprint density at radius 2 is 1.94 bits per heavy atom. The van der Waals surface area contributed by atoms with Crippen molar-refractivity contribution in [3.05, 3.63) is 34.9 Å². The number of aryl methyl sites for hydroxylation is 2. The number of nitrogens with two attached hydrogens (primary N) is 1. The minimum atomic E-state index is 0.118. The Morgan fingerprint density at radius 1 is 1.29 bits per heavy atom. The third kappa shape index (κ3) is 2.86. The smallest absolute Gasteiger partial charge is 0.253 e. The molecule has 0 spiro atoms. The van der Waals surface area contributed by atoms with Crippen LogP contribution in [0.25, 0.3) is 0 Å². The van der Waals surface area contributed by atoms with Gasteiger partial charge in [-0.25, -0.2) is 0 Å². The van der Waals surface area contributed by atoms with E-state index in [4.69, 9.17) is 5.73 Å². The fourth-order valence-corrected chi connectivity index (χ4v) is 2.48. The van der Waals surface area contributed by atoms with Crippen molar-refractivity contribution >= 4 is 5.91 Å². The SMILES string of the molecule is Cc1cc(C)cc(C(=O)N2CCCC(N)C2)c1. The van der Waals surface area contributed by atoms with Crippen molar-refractivity contribution in [2.24, 2.45) is 5.73 Å². The summed E-state index contributed by atoms with van der Waals surface area (Å²) in [5.41, 5.74) is 8.96. The van der Waals surface area contributed by atoms with Crippen LogP contribution >= 0.6 is 0 Å². The molecule has 1 unspecified atom stereocenters. The van der Waals surface area contributed by atoms with Crippen molar-refractivity contribution < 1.29 is 4.79 Å². The lowest BCUT2D eigenvalue weighted by Gasteiger charge is -2.31. The van der Waals surface area contributed by atoms with Gasteiger partial charge < -0.3 is 10.6 Å². The zero-order valence-electron chi connectivity index (χ0n) is 10.6. The van der Waals surface area contributed by atoms with Crippen LogP contribution in [0.15, 0.2) is 18.2 Å². The number of carbonyl (C=O) groups excluding carboxylic acids is 1. The first-order valence-electron chi connectivity index (χ1n) is 6.19. The van der Waals surface area contributed by atoms with Gasteiger partial charge in [0, 0.05) is 24.7 Å². The van der Waals surface area contributed by atoms with Gasteiger partial charge in [0.15, 0.2) is 0 Å². The summed E-state index contributed by atoms with van der Waals surface area (Å²) in [7, 11) is 0. The van der Waals surface area contributed by atoms with E-state index in [9.17, 15) is 4.79 Å². The van der Waals surface area contributed by atoms with Crippen molar-refractivity contribution in [1.29, 1.82) is 0 Å². The Hall–Kier alpha value is -1.35. The summed E-state index contributed by atoms with van der Waals surface area (Å²) in [6, 6.07) is 6.13. The van der Waals surface area contributed by atoms with Gasteiger partial charge in [-0.2, -0.15) is 0 Å². The summed E-state index contributed by atoms with van der Waals surface area (Å²) in [5.74, 6) is 0.118. The number of piperidine rings is 1. The Kier molecular flexibility index (Phi) is 3.48. The molecule has 2 rings (SSSR count). The molecule has 0 aromatic heterocycles. The van der Waals surface area contributed by atoms with E-state index in [2.05, 4.69) is 6.07 Å². The average molecular weight is 232 g/mol. The van der Waals surface area contributed by atoms with E-state index in [0.717, 1.165) is 36.1 Å². The zero-order chi connectivity index (χ0) is 12.4. The average Bonchev–Trinajstić information content (AvgIpc) is 2.26. The van der Waals surface area contributed by atoms with E-state index in [1.54, 1.807) is 0 Å². The third-order valence-corrected chi connectivity index (χ3v) is 3.21. The summed E-state index contributed by atoms with van der Waals surface area (Å²) >= 11 is 0. The predicted molar refractivity (Wildman–Crippen MR) is 69.0 cm³/mol. The number of amides is 1. The molecule has 1 saturated heterocycles. The van der Waals surface area contributed by atoms with E-state index < -0.39 is 0 Å². The number of likely N-dealkylation sites (tertiary alicyclic amines) is 1. The Bertz CT molecular complexity index is 408. The van der Waals surface area contributed by atoms with E-state index in [-0.39, 0.29) is 11.9 Å². The Balaban J connectivity index is 2.18. The van der Waals surface area contributed by atoms with Crippen LogP contribution in [0.4, 0.5) is 0 Å². The second kappa shape index (κ2) is 4.88. The summed E-state index contributed by atoms with van der Waals surface area (Å²) in [6.45, 7) is 5.56. The van der Waals surface area contributed by atoms with E-state index in [1.165, 1.54) is 0 Å². The molecule has 0 saturated carbocycles. The van der Waals surface area contributed by atoms with Crippen molar-refractivity contribution in [2.75, 3.05) is 13.1 Å². The van der Waals surface area contributed by atoms with Gasteiger partial charge in [0.25, 0.3) is 5.91 Å². The highest BCUT2D eigenvalue weighted by atomic mass is 16.2. The molecule has 0 aliphatic carbocycles. The van der Waals surface area contributed by atoms with Crippen molar-refractivity contribution in [3.63, 3.8) is 0 Å². The van der Waals surface area contributed by atoms with Crippen LogP contribution in [0.1, 0.15) is 34.3 Å². The molecule has 17 heavy (non-hydrogen) atoms. The van der Waals surface area contributed by atoms with Crippen LogP contribution in [0, 0.1) is 13.8 Å². The topological polar surface area (TPSA) is 46.3 Å². The second-order valence-electron chi connectivity index (χ2n) is 5.03. The quantitative estimate of drug-likeness (QED) is 0.803. The lowest BCUT2D eigenvalue weighted by Crippen LogP contribution is -2.45. The monoisotopic (exact) mass is 232 g/mol. The molecular formula is C14H20N2O. The highest BCUT2D eigenvalue weighted by Crippen LogP contribution is 2.15. The number of carbonyl (C=O) groups is 1. The molecule has 1 aromatic carbocycles. The molecule has 2 N–H and O–H groups in total. The Morgan fingerprint density at radius 3 is 2.53 bits per heavy atom. The number of nitrogens with zero attached hydrogens (tertiary/aromatic N) is 1. The fourth-order valence-electron chi connectivity index (χ4n) is 2.48. The van der Waals surface area contributed by atoms with E-state index in [1.807, 2.05) is 30.9 Å². The van der Waals surface area contributed by atoms with Gasteiger partial charge in [0.05, 0.1) is 0 Å². The molecule has 3 heteroatoms. The van der Waals surface area contributed by atoms with Gasteiger partial charge in [0.2, 0.25) is 0 Å². The molecule has 1 heterocycles. The highest BCUT2D eigenvalue weighted by Gasteiger charge is 2.22. The molecule has 1 aliphatic rings. The van der Waals surface area contributed by atoms with Gasteiger partial charge >= 0.3 is 0 Å². The molecular weight excluding hydrogens is 212 g/mol. The maximum atomic E-state index is 12.3. The van der Waals surface area contributed by atoms with Crippen molar-refractivity contribution in [3.8, 4) is 0 Å². The Labute approximate surface area is 103 Å². The molecule has 1 atom stereocenters. The summed E-state index contributed by atoms with van der Waals surface area (Å²) < 4.78 is 0. The molecule has 0 radical (unpaired) electrons. The first kappa shape index (κ1) is 12.1. The maximum absolute atomic E-state index is 12.3. The molecule has 1 aromatic rings. The highest BCUT2D eigenvalue weighted by molar-refractivity contribution is 5.94. The normalized spacial score (nSPS) is 20.4. The number of benzene rings is 1. The lowest BCUT2D eigenvalue weighted by molar-refractivity contribution is 0.0708. The van der Waals surface area contributed by atoms with E-state index >= 15 is 0 Å². The summed E-state index contributed by atoms with van der Waals surface area (Å²) in [5, 5.41) is 0. The number of rotatable bonds is 1. The molecule has 3 nitrogen and oxygen atoms in total. The first-order valence-corrected chi connectivity index (χ1v) is 6.19. The van der Waals surface area contributed by atoms with Crippen LogP contribution in [-0.4, -0.2) is 29.9 Å². The van der Waals surface area contributed by atoms with Gasteiger partial charge in [0.1, 0.15) is 0 Å². The standard InChI is InChI=1S/C14H20N2O/c1-10-6-11(2)8-12(7-10)14(17)16-5-3-4-13(15)9-16/h6-8,13H,3-5,9,15H2,1-2H3. The van der Waals surface area contributed by atoms with Gasteiger partial charge in [-0.05, 0) is 38.8 Å². The second-order valence-corrected chi connectivity index (χ2v) is 5.03. The minimum absolute atomic E-state index is 0.118. The minimum Gasteiger partial charge on any atom is -0.337 e. The van der Waals surface area contributed by atoms with Crippen LogP contribution in [0.2, 0.25) is 0 Å². The first-order chi connectivity index (χ1) is 8.06.